The summed E-state index contributed by atoms with van der Waals surface area (Å²) in [5, 5.41) is 12.7. The van der Waals surface area contributed by atoms with Gasteiger partial charge in [0.15, 0.2) is 18.2 Å². The van der Waals surface area contributed by atoms with Crippen LogP contribution in [0.1, 0.15) is 0 Å². The van der Waals surface area contributed by atoms with Gasteiger partial charge in [0.1, 0.15) is 0 Å². The van der Waals surface area contributed by atoms with Crippen LogP contribution in [0.25, 0.3) is 5.69 Å². The lowest BCUT2D eigenvalue weighted by molar-refractivity contribution is -0.136. The molecule has 0 aliphatic carbocycles. The number of benzene rings is 1. The van der Waals surface area contributed by atoms with Crippen LogP contribution in [-0.2, 0) is 9.53 Å². The fourth-order valence-electron chi connectivity index (χ4n) is 4.25. The van der Waals surface area contributed by atoms with E-state index in [9.17, 15) is 9.59 Å². The van der Waals surface area contributed by atoms with Crippen LogP contribution in [0.15, 0.2) is 40.5 Å². The second-order valence-electron chi connectivity index (χ2n) is 7.93. The van der Waals surface area contributed by atoms with Crippen molar-refractivity contribution >= 4 is 29.7 Å². The third-order valence-corrected chi connectivity index (χ3v) is 6.89. The number of carbonyl (C=O) groups excluding carboxylic acids is 2. The molecular weight excluding hydrogens is 446 g/mol. The number of fused-ring (bicyclic) bond motifs is 1. The maximum atomic E-state index is 13.1. The summed E-state index contributed by atoms with van der Waals surface area (Å²) in [5.74, 6) is 1.13. The zero-order valence-electron chi connectivity index (χ0n) is 18.4. The molecule has 2 unspecified atom stereocenters. The van der Waals surface area contributed by atoms with Crippen molar-refractivity contribution in [2.45, 2.75) is 17.4 Å². The predicted molar refractivity (Wildman–Crippen MR) is 120 cm³/mol. The van der Waals surface area contributed by atoms with E-state index >= 15 is 0 Å². The molecule has 3 aliphatic heterocycles. The molecule has 3 amide bonds. The molecular formula is C20H25N9O3S. The number of nitrogens with zero attached hydrogens (tertiary/aromatic N) is 9. The number of aromatic nitrogens is 4. The number of morpholine rings is 1. The van der Waals surface area contributed by atoms with Crippen LogP contribution in [0, 0.1) is 0 Å². The highest BCUT2D eigenvalue weighted by Gasteiger charge is 2.51. The Labute approximate surface area is 195 Å². The minimum atomic E-state index is -0.554. The van der Waals surface area contributed by atoms with Crippen molar-refractivity contribution < 1.29 is 14.3 Å². The quantitative estimate of drug-likeness (QED) is 0.555. The van der Waals surface area contributed by atoms with Crippen LogP contribution < -0.4 is 0 Å². The molecule has 1 aromatic heterocycles. The highest BCUT2D eigenvalue weighted by molar-refractivity contribution is 7.99. The number of carbonyl (C=O) groups is 2. The van der Waals surface area contributed by atoms with Gasteiger partial charge in [-0.25, -0.2) is 9.79 Å². The molecule has 12 nitrogen and oxygen atoms in total. The first-order chi connectivity index (χ1) is 16.1. The number of para-hydroxylation sites is 1. The smallest absolute Gasteiger partial charge is 0.328 e. The lowest BCUT2D eigenvalue weighted by Crippen LogP contribution is -2.64. The number of tetrazole rings is 1. The number of aliphatic imine (C=N–C) groups is 1. The number of urea groups is 1. The third kappa shape index (κ3) is 3.91. The van der Waals surface area contributed by atoms with Gasteiger partial charge >= 0.3 is 6.03 Å². The Kier molecular flexibility index (Phi) is 5.89. The van der Waals surface area contributed by atoms with Gasteiger partial charge in [0.25, 0.3) is 5.91 Å². The second-order valence-corrected chi connectivity index (χ2v) is 8.99. The van der Waals surface area contributed by atoms with Crippen LogP contribution in [-0.4, -0.2) is 123 Å². The Morgan fingerprint density at radius 3 is 2.64 bits per heavy atom. The summed E-state index contributed by atoms with van der Waals surface area (Å²) in [6.45, 7) is 3.13. The molecule has 0 bridgehead atoms. The summed E-state index contributed by atoms with van der Waals surface area (Å²) in [5.41, 5.74) is 0.881. The number of imide groups is 1. The van der Waals surface area contributed by atoms with E-state index < -0.39 is 12.2 Å². The Balaban J connectivity index is 1.35. The largest absolute Gasteiger partial charge is 0.378 e. The molecule has 13 heteroatoms. The minimum Gasteiger partial charge on any atom is -0.378 e. The van der Waals surface area contributed by atoms with Crippen molar-refractivity contribution in [3.63, 3.8) is 0 Å². The van der Waals surface area contributed by atoms with Gasteiger partial charge in [-0.15, -0.1) is 5.10 Å². The average Bonchev–Trinajstić information content (AvgIpc) is 3.48. The number of ether oxygens (including phenoxy) is 1. The van der Waals surface area contributed by atoms with E-state index in [0.717, 1.165) is 11.6 Å². The van der Waals surface area contributed by atoms with Gasteiger partial charge < -0.3 is 19.4 Å². The van der Waals surface area contributed by atoms with Crippen LogP contribution in [0.4, 0.5) is 4.79 Å². The molecule has 1 aromatic carbocycles. The molecule has 2 saturated heterocycles. The van der Waals surface area contributed by atoms with Gasteiger partial charge in [-0.3, -0.25) is 9.69 Å². The van der Waals surface area contributed by atoms with Gasteiger partial charge in [-0.1, -0.05) is 30.0 Å². The maximum Gasteiger partial charge on any atom is 0.328 e. The normalized spacial score (nSPS) is 23.3. The van der Waals surface area contributed by atoms with E-state index in [-0.39, 0.29) is 11.9 Å². The molecule has 0 saturated carbocycles. The number of hydrogen-bond donors (Lipinski definition) is 0. The van der Waals surface area contributed by atoms with Crippen LogP contribution in [0.5, 0.6) is 0 Å². The molecule has 2 aromatic rings. The number of guanidine groups is 1. The molecule has 5 rings (SSSR count). The number of rotatable bonds is 5. The van der Waals surface area contributed by atoms with Gasteiger partial charge in [-0.2, -0.15) is 4.68 Å². The first-order valence-electron chi connectivity index (χ1n) is 10.7. The lowest BCUT2D eigenvalue weighted by Gasteiger charge is -2.41. The topological polar surface area (TPSA) is 112 Å². The molecule has 0 spiro atoms. The number of thioether (sulfide) groups is 1. The zero-order valence-corrected chi connectivity index (χ0v) is 19.3. The van der Waals surface area contributed by atoms with Gasteiger partial charge in [-0.05, 0) is 22.6 Å². The van der Waals surface area contributed by atoms with E-state index in [1.165, 1.54) is 28.6 Å². The lowest BCUT2D eigenvalue weighted by atomic mass is 10.1. The van der Waals surface area contributed by atoms with Crippen molar-refractivity contribution in [2.24, 2.45) is 4.99 Å². The summed E-state index contributed by atoms with van der Waals surface area (Å²) in [7, 11) is 3.21. The number of hydrogen-bond acceptors (Lipinski definition) is 10. The standard InChI is InChI=1S/C20H25N9O3S/c1-25-16-15(17(30)26(2)20(25)31)28(18(21-16)27-8-11-32-12-9-27)10-13-33-19-22-23-24-29(19)14-6-4-3-5-7-14/h3-7,15-16H,8-13H2,1-2H3. The van der Waals surface area contributed by atoms with E-state index in [4.69, 9.17) is 9.73 Å². The minimum absolute atomic E-state index is 0.241. The van der Waals surface area contributed by atoms with E-state index in [0.29, 0.717) is 43.8 Å². The Morgan fingerprint density at radius 1 is 1.12 bits per heavy atom. The monoisotopic (exact) mass is 471 g/mol. The number of amides is 3. The summed E-state index contributed by atoms with van der Waals surface area (Å²) in [4.78, 5) is 37.3. The zero-order chi connectivity index (χ0) is 22.9. The van der Waals surface area contributed by atoms with Crippen LogP contribution >= 0.6 is 11.8 Å². The number of likely N-dealkylation sites (N-methyl/N-ethyl adjacent to an activating group) is 2. The summed E-state index contributed by atoms with van der Waals surface area (Å²) in [6.07, 6.45) is -0.543. The Hall–Kier alpha value is -3.19. The molecule has 0 N–H and O–H groups in total. The van der Waals surface area contributed by atoms with E-state index in [1.54, 1.807) is 11.7 Å². The van der Waals surface area contributed by atoms with Crippen molar-refractivity contribution in [1.82, 2.24) is 39.8 Å². The fraction of sp³-hybridized carbons (Fsp3) is 0.500. The molecule has 33 heavy (non-hydrogen) atoms. The van der Waals surface area contributed by atoms with Crippen molar-refractivity contribution in [1.29, 1.82) is 0 Å². The highest BCUT2D eigenvalue weighted by atomic mass is 32.2. The summed E-state index contributed by atoms with van der Waals surface area (Å²) < 4.78 is 7.19. The van der Waals surface area contributed by atoms with E-state index in [2.05, 4.69) is 20.4 Å². The van der Waals surface area contributed by atoms with Gasteiger partial charge in [0.2, 0.25) is 5.16 Å². The molecule has 2 atom stereocenters. The maximum absolute atomic E-state index is 13.1. The Morgan fingerprint density at radius 2 is 1.88 bits per heavy atom. The van der Waals surface area contributed by atoms with Crippen molar-refractivity contribution in [3.05, 3.63) is 30.3 Å². The molecule has 174 valence electrons. The van der Waals surface area contributed by atoms with Gasteiger partial charge in [0, 0.05) is 39.5 Å². The van der Waals surface area contributed by atoms with Gasteiger partial charge in [0.05, 0.1) is 18.9 Å². The average molecular weight is 472 g/mol. The highest BCUT2D eigenvalue weighted by Crippen LogP contribution is 2.29. The van der Waals surface area contributed by atoms with Crippen molar-refractivity contribution in [2.75, 3.05) is 52.7 Å². The fourth-order valence-corrected chi connectivity index (χ4v) is 5.08. The molecule has 3 aliphatic rings. The molecule has 0 radical (unpaired) electrons. The first kappa shape index (κ1) is 21.6. The predicted octanol–water partition coefficient (Wildman–Crippen LogP) is -0.0233. The van der Waals surface area contributed by atoms with Crippen LogP contribution in [0.2, 0.25) is 0 Å². The van der Waals surface area contributed by atoms with Crippen molar-refractivity contribution in [3.8, 4) is 5.69 Å². The molecule has 2 fully saturated rings. The SMILES string of the molecule is CN1C(=O)C2C(N=C(N3CCOCC3)N2CCSc2nnnn2-c2ccccc2)N(C)C1=O. The molecule has 4 heterocycles. The van der Waals surface area contributed by atoms with Crippen LogP contribution in [0.3, 0.4) is 0 Å². The first-order valence-corrected chi connectivity index (χ1v) is 11.7. The van der Waals surface area contributed by atoms with E-state index in [1.807, 2.05) is 35.2 Å². The third-order valence-electron chi connectivity index (χ3n) is 5.99. The summed E-state index contributed by atoms with van der Waals surface area (Å²) >= 11 is 1.51. The Bertz CT molecular complexity index is 1060. The summed E-state index contributed by atoms with van der Waals surface area (Å²) in [6, 6.07) is 8.80. The second kappa shape index (κ2) is 8.98.